The number of carbonyl (C=O) groups excluding carboxylic acids is 1. The van der Waals surface area contributed by atoms with Gasteiger partial charge in [0.2, 0.25) is 11.8 Å². The average Bonchev–Trinajstić information content (AvgIpc) is 3.49. The molecular formula is C23H19N3O4. The minimum atomic E-state index is -0.0190. The topological polar surface area (TPSA) is 87.3 Å². The van der Waals surface area contributed by atoms with Crippen molar-refractivity contribution >= 4 is 16.9 Å². The van der Waals surface area contributed by atoms with Gasteiger partial charge in [-0.3, -0.25) is 9.78 Å². The third-order valence-corrected chi connectivity index (χ3v) is 4.87. The van der Waals surface area contributed by atoms with Gasteiger partial charge in [-0.1, -0.05) is 0 Å². The monoisotopic (exact) mass is 401 g/mol. The second kappa shape index (κ2) is 7.59. The van der Waals surface area contributed by atoms with Crippen LogP contribution in [0, 0.1) is 5.92 Å². The second-order valence-electron chi connectivity index (χ2n) is 7.36. The van der Waals surface area contributed by atoms with Crippen molar-refractivity contribution in [3.63, 3.8) is 0 Å². The third kappa shape index (κ3) is 4.00. The van der Waals surface area contributed by atoms with Gasteiger partial charge in [0.25, 0.3) is 0 Å². The van der Waals surface area contributed by atoms with Gasteiger partial charge in [0.1, 0.15) is 11.3 Å². The first kappa shape index (κ1) is 18.3. The molecule has 4 aromatic rings. The molecule has 0 saturated heterocycles. The van der Waals surface area contributed by atoms with E-state index in [1.54, 1.807) is 48.9 Å². The number of fused-ring (bicyclic) bond motifs is 1. The fourth-order valence-corrected chi connectivity index (χ4v) is 2.99. The van der Waals surface area contributed by atoms with E-state index >= 15 is 0 Å². The van der Waals surface area contributed by atoms with Crippen molar-refractivity contribution in [1.82, 2.24) is 15.0 Å². The van der Waals surface area contributed by atoms with Crippen LogP contribution in [-0.2, 0) is 0 Å². The molecule has 5 rings (SSSR count). The Morgan fingerprint density at radius 2 is 1.97 bits per heavy atom. The van der Waals surface area contributed by atoms with Gasteiger partial charge in [-0.2, -0.15) is 0 Å². The highest BCUT2D eigenvalue weighted by Gasteiger charge is 2.22. The molecule has 3 heterocycles. The Labute approximate surface area is 172 Å². The van der Waals surface area contributed by atoms with Crippen LogP contribution in [-0.4, -0.2) is 27.3 Å². The van der Waals surface area contributed by atoms with Crippen LogP contribution in [0.1, 0.15) is 30.1 Å². The van der Waals surface area contributed by atoms with Gasteiger partial charge in [0, 0.05) is 23.9 Å². The Balaban J connectivity index is 1.31. The highest BCUT2D eigenvalue weighted by molar-refractivity contribution is 5.97. The van der Waals surface area contributed by atoms with Crippen molar-refractivity contribution in [1.29, 1.82) is 0 Å². The number of rotatable bonds is 7. The summed E-state index contributed by atoms with van der Waals surface area (Å²) in [6.45, 7) is 2.24. The van der Waals surface area contributed by atoms with E-state index in [0.29, 0.717) is 51.4 Å². The number of nitrogens with zero attached hydrogens (tertiary/aromatic N) is 3. The Kier molecular flexibility index (Phi) is 4.63. The number of ketones is 1. The molecule has 7 heteroatoms. The van der Waals surface area contributed by atoms with Crippen molar-refractivity contribution in [2.75, 3.05) is 6.61 Å². The minimum absolute atomic E-state index is 0.0190. The number of ether oxygens (including phenoxy) is 2. The first-order valence-corrected chi connectivity index (χ1v) is 9.78. The van der Waals surface area contributed by atoms with Crippen LogP contribution in [0.15, 0.2) is 59.4 Å². The van der Waals surface area contributed by atoms with E-state index in [1.807, 2.05) is 6.07 Å². The van der Waals surface area contributed by atoms with Crippen molar-refractivity contribution in [3.05, 3.63) is 60.6 Å². The Bertz CT molecular complexity index is 1210. The van der Waals surface area contributed by atoms with Gasteiger partial charge in [-0.05, 0) is 49.9 Å². The molecule has 0 amide bonds. The second-order valence-corrected chi connectivity index (χ2v) is 7.36. The smallest absolute Gasteiger partial charge is 0.228 e. The summed E-state index contributed by atoms with van der Waals surface area (Å²) in [7, 11) is 0. The summed E-state index contributed by atoms with van der Waals surface area (Å²) in [6.07, 6.45) is 7.39. The maximum Gasteiger partial charge on any atom is 0.228 e. The molecule has 0 atom stereocenters. The van der Waals surface area contributed by atoms with Crippen molar-refractivity contribution in [3.8, 4) is 28.8 Å². The molecule has 3 aromatic heterocycles. The molecule has 0 unspecified atom stereocenters. The number of hydrogen-bond acceptors (Lipinski definition) is 7. The molecule has 30 heavy (non-hydrogen) atoms. The number of carbonyl (C=O) groups is 1. The maximum atomic E-state index is 11.5. The number of benzene rings is 1. The molecule has 1 aliphatic rings. The Morgan fingerprint density at radius 3 is 2.73 bits per heavy atom. The van der Waals surface area contributed by atoms with Gasteiger partial charge in [-0.15, -0.1) is 0 Å². The van der Waals surface area contributed by atoms with Crippen molar-refractivity contribution in [2.24, 2.45) is 5.92 Å². The predicted molar refractivity (Wildman–Crippen MR) is 110 cm³/mol. The lowest BCUT2D eigenvalue weighted by molar-refractivity contribution is 0.101. The van der Waals surface area contributed by atoms with Crippen LogP contribution in [0.2, 0.25) is 0 Å². The number of Topliss-reactive ketones (excluding diaryl/α,β-unsaturated/α-hetero) is 1. The lowest BCUT2D eigenvalue weighted by Crippen LogP contribution is -1.99. The van der Waals surface area contributed by atoms with E-state index < -0.39 is 0 Å². The molecule has 150 valence electrons. The molecule has 1 fully saturated rings. The van der Waals surface area contributed by atoms with E-state index in [4.69, 9.17) is 13.9 Å². The van der Waals surface area contributed by atoms with Gasteiger partial charge < -0.3 is 13.9 Å². The maximum absolute atomic E-state index is 11.5. The van der Waals surface area contributed by atoms with Crippen LogP contribution < -0.4 is 9.47 Å². The first-order valence-electron chi connectivity index (χ1n) is 9.78. The Hall–Kier alpha value is -3.74. The van der Waals surface area contributed by atoms with Gasteiger partial charge in [0.05, 0.1) is 24.6 Å². The molecule has 0 aliphatic heterocycles. The molecule has 1 aromatic carbocycles. The van der Waals surface area contributed by atoms with E-state index in [-0.39, 0.29) is 5.78 Å². The molecule has 0 radical (unpaired) electrons. The first-order chi connectivity index (χ1) is 14.6. The summed E-state index contributed by atoms with van der Waals surface area (Å²) in [6, 6.07) is 10.6. The number of hydrogen-bond donors (Lipinski definition) is 0. The number of aromatic nitrogens is 3. The molecule has 1 aliphatic carbocycles. The van der Waals surface area contributed by atoms with E-state index in [9.17, 15) is 4.79 Å². The van der Waals surface area contributed by atoms with Crippen LogP contribution in [0.3, 0.4) is 0 Å². The standard InChI is InChI=1S/C23H19N3O4/c1-14(27)16-4-6-20-21(8-16)30-23(26-20)17-5-7-22(25-10-17)29-19-9-18(11-24-12-19)28-13-15-2-3-15/h4-12,15H,2-3,13H2,1H3. The molecule has 0 N–H and O–H groups in total. The fraction of sp³-hybridized carbons (Fsp3) is 0.217. The molecule has 0 bridgehead atoms. The van der Waals surface area contributed by atoms with Crippen molar-refractivity contribution in [2.45, 2.75) is 19.8 Å². The van der Waals surface area contributed by atoms with E-state index in [2.05, 4.69) is 15.0 Å². The summed E-state index contributed by atoms with van der Waals surface area (Å²) >= 11 is 0. The summed E-state index contributed by atoms with van der Waals surface area (Å²) < 4.78 is 17.3. The summed E-state index contributed by atoms with van der Waals surface area (Å²) in [5, 5.41) is 0. The fourth-order valence-electron chi connectivity index (χ4n) is 2.99. The SMILES string of the molecule is CC(=O)c1ccc2nc(-c3ccc(Oc4cncc(OCC5CC5)c4)nc3)oc2c1. The zero-order valence-corrected chi connectivity index (χ0v) is 16.4. The van der Waals surface area contributed by atoms with Crippen LogP contribution in [0.4, 0.5) is 0 Å². The van der Waals surface area contributed by atoms with E-state index in [0.717, 1.165) is 6.61 Å². The zero-order valence-electron chi connectivity index (χ0n) is 16.4. The normalized spacial score (nSPS) is 13.4. The summed E-state index contributed by atoms with van der Waals surface area (Å²) in [5.74, 6) is 2.76. The highest BCUT2D eigenvalue weighted by Crippen LogP contribution is 2.31. The molecule has 7 nitrogen and oxygen atoms in total. The zero-order chi connectivity index (χ0) is 20.5. The van der Waals surface area contributed by atoms with E-state index in [1.165, 1.54) is 19.8 Å². The summed E-state index contributed by atoms with van der Waals surface area (Å²) in [5.41, 5.74) is 2.54. The van der Waals surface area contributed by atoms with Crippen LogP contribution in [0.5, 0.6) is 17.4 Å². The predicted octanol–water partition coefficient (Wildman–Crippen LogP) is 5.07. The molecule has 0 spiro atoms. The minimum Gasteiger partial charge on any atom is -0.492 e. The van der Waals surface area contributed by atoms with Gasteiger partial charge in [0.15, 0.2) is 17.1 Å². The van der Waals surface area contributed by atoms with Crippen LogP contribution in [0.25, 0.3) is 22.6 Å². The Morgan fingerprint density at radius 1 is 1.10 bits per heavy atom. The molecular weight excluding hydrogens is 382 g/mol. The van der Waals surface area contributed by atoms with Crippen LogP contribution >= 0.6 is 0 Å². The number of pyridine rings is 2. The lowest BCUT2D eigenvalue weighted by Gasteiger charge is -2.08. The molecule has 1 saturated carbocycles. The van der Waals surface area contributed by atoms with Gasteiger partial charge in [-0.25, -0.2) is 9.97 Å². The third-order valence-electron chi connectivity index (χ3n) is 4.87. The van der Waals surface area contributed by atoms with Gasteiger partial charge >= 0.3 is 0 Å². The quantitative estimate of drug-likeness (QED) is 0.400. The largest absolute Gasteiger partial charge is 0.492 e. The summed E-state index contributed by atoms with van der Waals surface area (Å²) in [4.78, 5) is 24.5. The average molecular weight is 401 g/mol. The lowest BCUT2D eigenvalue weighted by atomic mass is 10.1. The highest BCUT2D eigenvalue weighted by atomic mass is 16.5. The van der Waals surface area contributed by atoms with Crippen molar-refractivity contribution < 1.29 is 18.7 Å². The number of oxazole rings is 1.